The third kappa shape index (κ3) is 2.90. The lowest BCUT2D eigenvalue weighted by Gasteiger charge is -2.04. The Kier molecular flexibility index (Phi) is 3.23. The molecule has 1 rings (SSSR count). The van der Waals surface area contributed by atoms with Gasteiger partial charge in [-0.1, -0.05) is 18.2 Å². The average molecular weight is 194 g/mol. The van der Waals surface area contributed by atoms with Crippen LogP contribution in [0.2, 0.25) is 0 Å². The van der Waals surface area contributed by atoms with E-state index in [9.17, 15) is 9.59 Å². The van der Waals surface area contributed by atoms with Gasteiger partial charge in [-0.05, 0) is 13.0 Å². The first-order valence-corrected chi connectivity index (χ1v) is 4.07. The second-order valence-electron chi connectivity index (χ2n) is 2.81. The van der Waals surface area contributed by atoms with Gasteiger partial charge in [-0.2, -0.15) is 0 Å². The van der Waals surface area contributed by atoms with Gasteiger partial charge in [-0.3, -0.25) is 4.79 Å². The molecule has 0 amide bonds. The highest BCUT2D eigenvalue weighted by Crippen LogP contribution is 2.16. The van der Waals surface area contributed by atoms with Gasteiger partial charge in [-0.15, -0.1) is 0 Å². The second-order valence-corrected chi connectivity index (χ2v) is 2.81. The van der Waals surface area contributed by atoms with Crippen LogP contribution >= 0.6 is 0 Å². The largest absolute Gasteiger partial charge is 0.511 e. The maximum atomic E-state index is 11.1. The molecule has 1 N–H and O–H groups in total. The highest BCUT2D eigenvalue weighted by Gasteiger charge is 2.11. The van der Waals surface area contributed by atoms with Crippen LogP contribution in [0.5, 0.6) is 0 Å². The molecule has 0 saturated heterocycles. The zero-order chi connectivity index (χ0) is 10.6. The van der Waals surface area contributed by atoms with Crippen molar-refractivity contribution in [3.8, 4) is 0 Å². The molecule has 0 saturated carbocycles. The van der Waals surface area contributed by atoms with E-state index in [1.165, 1.54) is 13.0 Å². The topological polar surface area (TPSA) is 63.6 Å². The monoisotopic (exact) mass is 194 g/mol. The summed E-state index contributed by atoms with van der Waals surface area (Å²) in [7, 11) is 0. The summed E-state index contributed by atoms with van der Waals surface area (Å²) in [6.45, 7) is 1.43. The molecule has 74 valence electrons. The zero-order valence-corrected chi connectivity index (χ0v) is 7.69. The first-order valence-electron chi connectivity index (χ1n) is 4.07. The molecule has 0 radical (unpaired) electrons. The molecular formula is C10H10O4. The van der Waals surface area contributed by atoms with Crippen molar-refractivity contribution in [3.05, 3.63) is 35.6 Å². The van der Waals surface area contributed by atoms with Crippen molar-refractivity contribution in [2.75, 3.05) is 0 Å². The zero-order valence-electron chi connectivity index (χ0n) is 7.69. The van der Waals surface area contributed by atoms with E-state index < -0.39 is 6.16 Å². The summed E-state index contributed by atoms with van der Waals surface area (Å²) in [5, 5.41) is 8.39. The minimum Gasteiger partial charge on any atom is -0.449 e. The van der Waals surface area contributed by atoms with E-state index in [2.05, 4.69) is 4.74 Å². The molecule has 0 heterocycles. The van der Waals surface area contributed by atoms with E-state index in [0.29, 0.717) is 5.57 Å². The summed E-state index contributed by atoms with van der Waals surface area (Å²) in [5.74, 6) is 0.170. The van der Waals surface area contributed by atoms with Crippen molar-refractivity contribution >= 4 is 11.9 Å². The lowest BCUT2D eigenvalue weighted by molar-refractivity contribution is -0.113. The summed E-state index contributed by atoms with van der Waals surface area (Å²) >= 11 is 0. The van der Waals surface area contributed by atoms with Crippen LogP contribution in [0.3, 0.4) is 0 Å². The lowest BCUT2D eigenvalue weighted by Crippen LogP contribution is -2.04. The van der Waals surface area contributed by atoms with Crippen LogP contribution in [0.1, 0.15) is 13.3 Å². The van der Waals surface area contributed by atoms with Gasteiger partial charge in [-0.25, -0.2) is 4.79 Å². The summed E-state index contributed by atoms with van der Waals surface area (Å²) < 4.78 is 4.48. The normalized spacial score (nSPS) is 15.2. The fourth-order valence-electron chi connectivity index (χ4n) is 1.06. The highest BCUT2D eigenvalue weighted by atomic mass is 16.7. The number of carbonyl (C=O) groups excluding carboxylic acids is 1. The smallest absolute Gasteiger partial charge is 0.449 e. The number of Topliss-reactive ketones (excluding diaryl/α,β-unsaturated/α-hetero) is 1. The predicted octanol–water partition coefficient (Wildman–Crippen LogP) is 2.04. The summed E-state index contributed by atoms with van der Waals surface area (Å²) in [6, 6.07) is 0. The summed E-state index contributed by atoms with van der Waals surface area (Å²) in [5.41, 5.74) is 0.534. The quantitative estimate of drug-likeness (QED) is 0.683. The Bertz CT molecular complexity index is 347. The molecule has 0 unspecified atom stereocenters. The number of allylic oxidation sites excluding steroid dienone is 5. The number of hydrogen-bond donors (Lipinski definition) is 1. The third-order valence-corrected chi connectivity index (χ3v) is 1.73. The maximum Gasteiger partial charge on any atom is 0.511 e. The van der Waals surface area contributed by atoms with Crippen LogP contribution < -0.4 is 0 Å². The maximum absolute atomic E-state index is 11.1. The molecule has 1 aliphatic carbocycles. The van der Waals surface area contributed by atoms with E-state index in [0.717, 1.165) is 0 Å². The molecule has 4 heteroatoms. The fourth-order valence-corrected chi connectivity index (χ4v) is 1.06. The van der Waals surface area contributed by atoms with Crippen LogP contribution in [-0.4, -0.2) is 17.0 Å². The lowest BCUT2D eigenvalue weighted by atomic mass is 10.1. The van der Waals surface area contributed by atoms with Crippen LogP contribution in [0.4, 0.5) is 4.79 Å². The Balaban J connectivity index is 2.78. The highest BCUT2D eigenvalue weighted by molar-refractivity contribution is 5.94. The van der Waals surface area contributed by atoms with E-state index in [1.54, 1.807) is 18.2 Å². The van der Waals surface area contributed by atoms with E-state index >= 15 is 0 Å². The Hall–Kier alpha value is -1.84. The minimum absolute atomic E-state index is 0.0866. The van der Waals surface area contributed by atoms with E-state index in [4.69, 9.17) is 5.11 Å². The van der Waals surface area contributed by atoms with Gasteiger partial charge in [0.1, 0.15) is 5.76 Å². The molecule has 4 nitrogen and oxygen atoms in total. The number of ketones is 1. The first-order chi connectivity index (χ1) is 6.59. The van der Waals surface area contributed by atoms with Crippen molar-refractivity contribution in [1.29, 1.82) is 0 Å². The van der Waals surface area contributed by atoms with Crippen LogP contribution in [-0.2, 0) is 9.53 Å². The molecule has 14 heavy (non-hydrogen) atoms. The van der Waals surface area contributed by atoms with Gasteiger partial charge in [0.05, 0.1) is 0 Å². The number of hydrogen-bond acceptors (Lipinski definition) is 3. The molecule has 0 aliphatic heterocycles. The van der Waals surface area contributed by atoms with Crippen LogP contribution in [0, 0.1) is 0 Å². The van der Waals surface area contributed by atoms with E-state index in [1.807, 2.05) is 0 Å². The Morgan fingerprint density at radius 3 is 2.57 bits per heavy atom. The van der Waals surface area contributed by atoms with Crippen molar-refractivity contribution in [3.63, 3.8) is 0 Å². The molecule has 0 fully saturated rings. The third-order valence-electron chi connectivity index (χ3n) is 1.73. The van der Waals surface area contributed by atoms with Gasteiger partial charge >= 0.3 is 6.16 Å². The van der Waals surface area contributed by atoms with Gasteiger partial charge in [0.2, 0.25) is 0 Å². The molecule has 0 atom stereocenters. The molecule has 0 spiro atoms. The van der Waals surface area contributed by atoms with Gasteiger partial charge in [0, 0.05) is 12.0 Å². The standard InChI is InChI=1S/C10H10O4/c1-7(11)8-4-2-3-5-9(6-8)14-10(12)13/h2-5H,6H2,1H3,(H,12,13). The van der Waals surface area contributed by atoms with Gasteiger partial charge < -0.3 is 9.84 Å². The molecule has 1 aliphatic rings. The average Bonchev–Trinajstić information content (AvgIpc) is 2.28. The molecule has 0 aromatic heterocycles. The Morgan fingerprint density at radius 1 is 1.36 bits per heavy atom. The van der Waals surface area contributed by atoms with E-state index in [-0.39, 0.29) is 18.0 Å². The predicted molar refractivity (Wildman–Crippen MR) is 49.7 cm³/mol. The Morgan fingerprint density at radius 2 is 2.00 bits per heavy atom. The van der Waals surface area contributed by atoms with Crippen molar-refractivity contribution in [2.45, 2.75) is 13.3 Å². The molecule has 0 aromatic rings. The number of carbonyl (C=O) groups is 2. The Labute approximate surface area is 81.2 Å². The summed E-state index contributed by atoms with van der Waals surface area (Å²) in [4.78, 5) is 21.3. The summed E-state index contributed by atoms with van der Waals surface area (Å²) in [6.07, 6.45) is 5.34. The minimum atomic E-state index is -1.37. The molecule has 0 bridgehead atoms. The number of ether oxygens (including phenoxy) is 1. The number of rotatable bonds is 2. The van der Waals surface area contributed by atoms with Crippen LogP contribution in [0.25, 0.3) is 0 Å². The first kappa shape index (κ1) is 10.2. The van der Waals surface area contributed by atoms with Gasteiger partial charge in [0.25, 0.3) is 0 Å². The molecule has 0 aromatic carbocycles. The molecular weight excluding hydrogens is 184 g/mol. The van der Waals surface area contributed by atoms with Gasteiger partial charge in [0.15, 0.2) is 5.78 Å². The number of carboxylic acid groups (broad SMARTS) is 1. The SMILES string of the molecule is CC(=O)C1=CC=CC=C(OC(=O)O)C1. The van der Waals surface area contributed by atoms with Crippen molar-refractivity contribution < 1.29 is 19.4 Å². The van der Waals surface area contributed by atoms with Crippen molar-refractivity contribution in [2.24, 2.45) is 0 Å². The van der Waals surface area contributed by atoms with Crippen LogP contribution in [0.15, 0.2) is 35.6 Å². The second kappa shape index (κ2) is 4.41. The van der Waals surface area contributed by atoms with Crippen molar-refractivity contribution in [1.82, 2.24) is 0 Å². The fraction of sp³-hybridized carbons (Fsp3) is 0.200.